The molecular weight excluding hydrogens is 260 g/mol. The van der Waals surface area contributed by atoms with E-state index >= 15 is 0 Å². The van der Waals surface area contributed by atoms with Crippen LogP contribution in [-0.4, -0.2) is 5.91 Å². The Kier molecular flexibility index (Phi) is 4.99. The molecule has 2 rings (SSSR count). The lowest BCUT2D eigenvalue weighted by Crippen LogP contribution is -2.14. The Morgan fingerprint density at radius 3 is 2.29 bits per heavy atom. The van der Waals surface area contributed by atoms with Crippen molar-refractivity contribution in [3.8, 4) is 0 Å². The predicted molar refractivity (Wildman–Crippen MR) is 88.3 cm³/mol. The van der Waals surface area contributed by atoms with Crippen LogP contribution in [0, 0.1) is 0 Å². The average Bonchev–Trinajstić information content (AvgIpc) is 2.49. The van der Waals surface area contributed by atoms with Crippen molar-refractivity contribution < 1.29 is 4.79 Å². The summed E-state index contributed by atoms with van der Waals surface area (Å²) in [5, 5.41) is 2.92. The van der Waals surface area contributed by atoms with Gasteiger partial charge in [-0.3, -0.25) is 4.79 Å². The Hall–Kier alpha value is -2.29. The fourth-order valence-electron chi connectivity index (χ4n) is 2.16. The monoisotopic (exact) mass is 282 g/mol. The number of carbonyl (C=O) groups excluding carboxylic acids is 1. The van der Waals surface area contributed by atoms with Gasteiger partial charge in [0.15, 0.2) is 0 Å². The molecule has 0 heterocycles. The van der Waals surface area contributed by atoms with Crippen LogP contribution in [0.15, 0.2) is 48.5 Å². The Labute approximate surface area is 126 Å². The van der Waals surface area contributed by atoms with Crippen LogP contribution in [0.3, 0.4) is 0 Å². The lowest BCUT2D eigenvalue weighted by molar-refractivity contribution is -0.115. The number of hydrogen-bond donors (Lipinski definition) is 2. The third-order valence-corrected chi connectivity index (χ3v) is 3.72. The zero-order valence-electron chi connectivity index (χ0n) is 12.6. The van der Waals surface area contributed by atoms with E-state index in [1.165, 1.54) is 5.56 Å². The number of nitrogens with two attached hydrogens (primary N) is 1. The van der Waals surface area contributed by atoms with Gasteiger partial charge in [-0.25, -0.2) is 0 Å². The molecule has 0 aliphatic rings. The Balaban J connectivity index is 1.94. The van der Waals surface area contributed by atoms with E-state index in [0.717, 1.165) is 17.7 Å². The van der Waals surface area contributed by atoms with Gasteiger partial charge >= 0.3 is 0 Å². The topological polar surface area (TPSA) is 55.1 Å². The first-order valence-electron chi connectivity index (χ1n) is 7.32. The molecule has 1 amide bonds. The van der Waals surface area contributed by atoms with Gasteiger partial charge in [-0.15, -0.1) is 0 Å². The van der Waals surface area contributed by atoms with Crippen LogP contribution in [0.1, 0.15) is 37.3 Å². The van der Waals surface area contributed by atoms with Gasteiger partial charge in [-0.1, -0.05) is 38.1 Å². The van der Waals surface area contributed by atoms with Gasteiger partial charge in [-0.05, 0) is 47.7 Å². The minimum atomic E-state index is -0.0175. The molecule has 3 N–H and O–H groups in total. The highest BCUT2D eigenvalue weighted by Crippen LogP contribution is 2.20. The summed E-state index contributed by atoms with van der Waals surface area (Å²) in [6.45, 7) is 4.38. The number of amides is 1. The van der Waals surface area contributed by atoms with Gasteiger partial charge in [0, 0.05) is 11.4 Å². The zero-order chi connectivity index (χ0) is 15.2. The summed E-state index contributed by atoms with van der Waals surface area (Å²) >= 11 is 0. The second kappa shape index (κ2) is 6.93. The molecule has 0 aliphatic carbocycles. The van der Waals surface area contributed by atoms with Crippen LogP contribution < -0.4 is 11.1 Å². The normalized spacial score (nSPS) is 11.9. The third kappa shape index (κ3) is 4.35. The van der Waals surface area contributed by atoms with Gasteiger partial charge in [0.25, 0.3) is 0 Å². The number of benzene rings is 2. The fourth-order valence-corrected chi connectivity index (χ4v) is 2.16. The lowest BCUT2D eigenvalue weighted by atomic mass is 9.98. The van der Waals surface area contributed by atoms with Gasteiger partial charge in [0.1, 0.15) is 0 Å². The summed E-state index contributed by atoms with van der Waals surface area (Å²) in [6, 6.07) is 15.4. The molecule has 3 nitrogen and oxygen atoms in total. The summed E-state index contributed by atoms with van der Waals surface area (Å²) < 4.78 is 0. The molecule has 0 aromatic heterocycles. The highest BCUT2D eigenvalue weighted by atomic mass is 16.1. The van der Waals surface area contributed by atoms with Crippen molar-refractivity contribution in [2.45, 2.75) is 32.6 Å². The summed E-state index contributed by atoms with van der Waals surface area (Å²) in [7, 11) is 0. The highest BCUT2D eigenvalue weighted by molar-refractivity contribution is 5.92. The number of hydrogen-bond acceptors (Lipinski definition) is 2. The standard InChI is InChI=1S/C18H22N2O/c1-3-13(2)15-6-10-17(11-7-15)20-18(21)12-14-4-8-16(19)9-5-14/h4-11,13H,3,12,19H2,1-2H3,(H,20,21). The van der Waals surface area contributed by atoms with Crippen LogP contribution in [0.4, 0.5) is 11.4 Å². The van der Waals surface area contributed by atoms with E-state index in [2.05, 4.69) is 31.3 Å². The Morgan fingerprint density at radius 1 is 1.10 bits per heavy atom. The maximum atomic E-state index is 12.0. The first-order chi connectivity index (χ1) is 10.1. The van der Waals surface area contributed by atoms with Crippen molar-refractivity contribution in [3.05, 3.63) is 59.7 Å². The number of carbonyl (C=O) groups is 1. The van der Waals surface area contributed by atoms with E-state index in [0.29, 0.717) is 18.0 Å². The zero-order valence-corrected chi connectivity index (χ0v) is 12.6. The smallest absolute Gasteiger partial charge is 0.228 e. The summed E-state index contributed by atoms with van der Waals surface area (Å²) in [4.78, 5) is 12.0. The molecular formula is C18H22N2O. The summed E-state index contributed by atoms with van der Waals surface area (Å²) in [6.07, 6.45) is 1.47. The molecule has 0 fully saturated rings. The third-order valence-electron chi connectivity index (χ3n) is 3.72. The molecule has 0 radical (unpaired) electrons. The van der Waals surface area contributed by atoms with E-state index in [-0.39, 0.29) is 5.91 Å². The van der Waals surface area contributed by atoms with Gasteiger partial charge in [0.05, 0.1) is 6.42 Å². The molecule has 3 heteroatoms. The maximum absolute atomic E-state index is 12.0. The SMILES string of the molecule is CCC(C)c1ccc(NC(=O)Cc2ccc(N)cc2)cc1. The molecule has 2 aromatic carbocycles. The van der Waals surface area contributed by atoms with Crippen molar-refractivity contribution in [3.63, 3.8) is 0 Å². The largest absolute Gasteiger partial charge is 0.399 e. The first kappa shape index (κ1) is 15.1. The second-order valence-corrected chi connectivity index (χ2v) is 5.40. The van der Waals surface area contributed by atoms with E-state index < -0.39 is 0 Å². The van der Waals surface area contributed by atoms with Crippen molar-refractivity contribution in [1.29, 1.82) is 0 Å². The molecule has 0 aliphatic heterocycles. The van der Waals surface area contributed by atoms with E-state index in [4.69, 9.17) is 5.73 Å². The molecule has 0 bridgehead atoms. The maximum Gasteiger partial charge on any atom is 0.228 e. The molecule has 0 saturated heterocycles. The van der Waals surface area contributed by atoms with Crippen LogP contribution >= 0.6 is 0 Å². The summed E-state index contributed by atoms with van der Waals surface area (Å²) in [5.74, 6) is 0.528. The summed E-state index contributed by atoms with van der Waals surface area (Å²) in [5.41, 5.74) is 9.43. The number of nitrogen functional groups attached to an aromatic ring is 1. The Bertz CT molecular complexity index is 588. The van der Waals surface area contributed by atoms with Crippen molar-refractivity contribution in [2.75, 3.05) is 11.1 Å². The van der Waals surface area contributed by atoms with Crippen molar-refractivity contribution >= 4 is 17.3 Å². The van der Waals surface area contributed by atoms with E-state index in [1.807, 2.05) is 36.4 Å². The molecule has 0 spiro atoms. The predicted octanol–water partition coefficient (Wildman–Crippen LogP) is 3.96. The van der Waals surface area contributed by atoms with Crippen molar-refractivity contribution in [1.82, 2.24) is 0 Å². The number of anilines is 2. The average molecular weight is 282 g/mol. The lowest BCUT2D eigenvalue weighted by Gasteiger charge is -2.10. The van der Waals surface area contributed by atoms with Crippen LogP contribution in [0.2, 0.25) is 0 Å². The van der Waals surface area contributed by atoms with Gasteiger partial charge in [0.2, 0.25) is 5.91 Å². The number of rotatable bonds is 5. The molecule has 110 valence electrons. The van der Waals surface area contributed by atoms with Crippen LogP contribution in [0.5, 0.6) is 0 Å². The van der Waals surface area contributed by atoms with Crippen molar-refractivity contribution in [2.24, 2.45) is 0 Å². The minimum absolute atomic E-state index is 0.0175. The first-order valence-corrected chi connectivity index (χ1v) is 7.32. The molecule has 21 heavy (non-hydrogen) atoms. The quantitative estimate of drug-likeness (QED) is 0.815. The van der Waals surface area contributed by atoms with Gasteiger partial charge in [-0.2, -0.15) is 0 Å². The van der Waals surface area contributed by atoms with E-state index in [1.54, 1.807) is 0 Å². The van der Waals surface area contributed by atoms with E-state index in [9.17, 15) is 4.79 Å². The highest BCUT2D eigenvalue weighted by Gasteiger charge is 2.06. The Morgan fingerprint density at radius 2 is 1.71 bits per heavy atom. The van der Waals surface area contributed by atoms with Crippen LogP contribution in [-0.2, 0) is 11.2 Å². The molecule has 1 atom stereocenters. The molecule has 0 saturated carbocycles. The minimum Gasteiger partial charge on any atom is -0.399 e. The molecule has 2 aromatic rings. The number of nitrogens with one attached hydrogen (secondary N) is 1. The fraction of sp³-hybridized carbons (Fsp3) is 0.278. The van der Waals surface area contributed by atoms with Crippen LogP contribution in [0.25, 0.3) is 0 Å². The molecule has 1 unspecified atom stereocenters. The second-order valence-electron chi connectivity index (χ2n) is 5.40. The van der Waals surface area contributed by atoms with Gasteiger partial charge < -0.3 is 11.1 Å².